The number of sulfonamides is 1. The van der Waals surface area contributed by atoms with E-state index in [1.165, 1.54) is 47.9 Å². The first-order valence-corrected chi connectivity index (χ1v) is 11.8. The van der Waals surface area contributed by atoms with Gasteiger partial charge in [0.25, 0.3) is 5.91 Å². The number of carbonyl (C=O) groups is 1. The van der Waals surface area contributed by atoms with Crippen LogP contribution in [0.4, 0.5) is 18.9 Å². The van der Waals surface area contributed by atoms with E-state index in [1.54, 1.807) is 0 Å². The van der Waals surface area contributed by atoms with E-state index >= 15 is 0 Å². The van der Waals surface area contributed by atoms with Gasteiger partial charge in [0.05, 0.1) is 31.6 Å². The van der Waals surface area contributed by atoms with Crippen LogP contribution in [0.1, 0.15) is 10.4 Å². The van der Waals surface area contributed by atoms with Crippen LogP contribution in [-0.2, 0) is 14.8 Å². The fraction of sp³-hybridized carbons (Fsp3) is 0.368. The molecule has 174 valence electrons. The summed E-state index contributed by atoms with van der Waals surface area (Å²) in [5.41, 5.74) is 0.0772. The van der Waals surface area contributed by atoms with Gasteiger partial charge in [-0.1, -0.05) is 11.8 Å². The van der Waals surface area contributed by atoms with Gasteiger partial charge in [-0.25, -0.2) is 13.4 Å². The molecule has 0 saturated carbocycles. The van der Waals surface area contributed by atoms with E-state index in [2.05, 4.69) is 10.3 Å². The Hall–Kier alpha value is -2.35. The van der Waals surface area contributed by atoms with Crippen molar-refractivity contribution < 1.29 is 35.9 Å². The van der Waals surface area contributed by atoms with E-state index in [9.17, 15) is 26.4 Å². The Bertz CT molecular complexity index is 1070. The summed E-state index contributed by atoms with van der Waals surface area (Å²) in [4.78, 5) is 16.4. The minimum absolute atomic E-state index is 0.0600. The highest BCUT2D eigenvalue weighted by Crippen LogP contribution is 2.31. The summed E-state index contributed by atoms with van der Waals surface area (Å²) in [6, 6.07) is 6.85. The maximum atomic E-state index is 13.1. The van der Waals surface area contributed by atoms with E-state index in [0.29, 0.717) is 11.8 Å². The minimum atomic E-state index is -4.42. The van der Waals surface area contributed by atoms with Crippen molar-refractivity contribution in [2.45, 2.75) is 16.1 Å². The number of thioether (sulfide) groups is 1. The normalized spacial score (nSPS) is 15.4. The largest absolute Gasteiger partial charge is 0.495 e. The number of nitrogens with one attached hydrogen (secondary N) is 1. The number of anilines is 1. The highest BCUT2D eigenvalue weighted by Gasteiger charge is 2.30. The van der Waals surface area contributed by atoms with Crippen LogP contribution in [0.5, 0.6) is 5.75 Å². The molecule has 1 aromatic carbocycles. The van der Waals surface area contributed by atoms with E-state index < -0.39 is 27.9 Å². The summed E-state index contributed by atoms with van der Waals surface area (Å²) >= 11 is 0.394. The summed E-state index contributed by atoms with van der Waals surface area (Å²) in [7, 11) is -2.60. The molecule has 2 aromatic rings. The molecule has 1 aromatic heterocycles. The number of ether oxygens (including phenoxy) is 2. The number of morpholine rings is 1. The topological polar surface area (TPSA) is 97.8 Å². The molecule has 1 aliphatic rings. The lowest BCUT2D eigenvalue weighted by Gasteiger charge is -2.26. The van der Waals surface area contributed by atoms with Crippen LogP contribution in [0, 0.1) is 0 Å². The Labute approximate surface area is 187 Å². The second kappa shape index (κ2) is 10.1. The third-order valence-corrected chi connectivity index (χ3v) is 7.39. The molecular formula is C19H20F3N3O5S2. The smallest absolute Gasteiger partial charge is 0.398 e. The number of amides is 1. The van der Waals surface area contributed by atoms with Gasteiger partial charge in [0.2, 0.25) is 10.0 Å². The second-order valence-electron chi connectivity index (χ2n) is 6.60. The van der Waals surface area contributed by atoms with Crippen molar-refractivity contribution in [1.82, 2.24) is 9.29 Å². The number of pyridine rings is 1. The summed E-state index contributed by atoms with van der Waals surface area (Å²) < 4.78 is 75.5. The number of halogens is 3. The average molecular weight is 492 g/mol. The van der Waals surface area contributed by atoms with Gasteiger partial charge in [-0.2, -0.15) is 17.5 Å². The molecule has 1 fully saturated rings. The average Bonchev–Trinajstić information content (AvgIpc) is 2.78. The standard InChI is InChI=1S/C19H20F3N3O5S2/c1-29-15-5-4-13(11-16(15)32(27,28)25-7-9-30-10-8-25)24-17(26)14-3-2-6-23-18(14)31-12-19(20,21)22/h2-6,11H,7-10,12H2,1H3,(H,24,26). The van der Waals surface area contributed by atoms with Gasteiger partial charge >= 0.3 is 6.18 Å². The van der Waals surface area contributed by atoms with Gasteiger partial charge in [0.15, 0.2) is 0 Å². The summed E-state index contributed by atoms with van der Waals surface area (Å²) in [6.45, 7) is 0.879. The third-order valence-electron chi connectivity index (χ3n) is 4.40. The molecule has 0 radical (unpaired) electrons. The number of aromatic nitrogens is 1. The quantitative estimate of drug-likeness (QED) is 0.595. The van der Waals surface area contributed by atoms with Gasteiger partial charge in [0, 0.05) is 25.0 Å². The SMILES string of the molecule is COc1ccc(NC(=O)c2cccnc2SCC(F)(F)F)cc1S(=O)(=O)N1CCOCC1. The lowest BCUT2D eigenvalue weighted by atomic mass is 10.2. The van der Waals surface area contributed by atoms with Gasteiger partial charge < -0.3 is 14.8 Å². The van der Waals surface area contributed by atoms with Crippen molar-refractivity contribution in [3.05, 3.63) is 42.1 Å². The second-order valence-corrected chi connectivity index (χ2v) is 9.47. The maximum absolute atomic E-state index is 13.1. The van der Waals surface area contributed by atoms with Crippen LogP contribution in [0.25, 0.3) is 0 Å². The Balaban J connectivity index is 1.86. The molecule has 1 N–H and O–H groups in total. The van der Waals surface area contributed by atoms with Crippen molar-refractivity contribution >= 4 is 33.4 Å². The van der Waals surface area contributed by atoms with Gasteiger partial charge in [0.1, 0.15) is 15.7 Å². The van der Waals surface area contributed by atoms with E-state index in [4.69, 9.17) is 9.47 Å². The molecule has 0 spiro atoms. The van der Waals surface area contributed by atoms with Crippen molar-refractivity contribution in [1.29, 1.82) is 0 Å². The van der Waals surface area contributed by atoms with E-state index in [1.807, 2.05) is 0 Å². The first kappa shape index (κ1) is 24.3. The highest BCUT2D eigenvalue weighted by atomic mass is 32.2. The van der Waals surface area contributed by atoms with E-state index in [-0.39, 0.29) is 53.2 Å². The van der Waals surface area contributed by atoms with Gasteiger partial charge in [-0.05, 0) is 30.3 Å². The van der Waals surface area contributed by atoms with Crippen LogP contribution in [0.3, 0.4) is 0 Å². The molecule has 32 heavy (non-hydrogen) atoms. The molecule has 1 amide bonds. The third kappa shape index (κ3) is 5.91. The van der Waals surface area contributed by atoms with E-state index in [0.717, 1.165) is 0 Å². The van der Waals surface area contributed by atoms with Crippen LogP contribution in [-0.4, -0.2) is 69.0 Å². The predicted molar refractivity (Wildman–Crippen MR) is 112 cm³/mol. The number of hydrogen-bond donors (Lipinski definition) is 1. The molecule has 1 aliphatic heterocycles. The Morgan fingerprint density at radius 1 is 1.28 bits per heavy atom. The zero-order chi connectivity index (χ0) is 23.4. The van der Waals surface area contributed by atoms with Crippen LogP contribution >= 0.6 is 11.8 Å². The predicted octanol–water partition coefficient (Wildman–Crippen LogP) is 3.02. The molecule has 1 saturated heterocycles. The number of nitrogens with zero attached hydrogens (tertiary/aromatic N) is 2. The Kier molecular flexibility index (Phi) is 7.64. The fourth-order valence-electron chi connectivity index (χ4n) is 2.91. The Morgan fingerprint density at radius 3 is 2.66 bits per heavy atom. The molecule has 8 nitrogen and oxygen atoms in total. The van der Waals surface area contributed by atoms with Gasteiger partial charge in [-0.15, -0.1) is 0 Å². The first-order chi connectivity index (χ1) is 15.1. The highest BCUT2D eigenvalue weighted by molar-refractivity contribution is 7.99. The first-order valence-electron chi connectivity index (χ1n) is 9.33. The lowest BCUT2D eigenvalue weighted by molar-refractivity contribution is -0.105. The lowest BCUT2D eigenvalue weighted by Crippen LogP contribution is -2.40. The zero-order valence-electron chi connectivity index (χ0n) is 16.9. The number of carbonyl (C=O) groups excluding carboxylic acids is 1. The molecule has 2 heterocycles. The molecule has 3 rings (SSSR count). The minimum Gasteiger partial charge on any atom is -0.495 e. The number of hydrogen-bond acceptors (Lipinski definition) is 7. The Morgan fingerprint density at radius 2 is 2.00 bits per heavy atom. The van der Waals surface area contributed by atoms with Crippen LogP contribution in [0.2, 0.25) is 0 Å². The van der Waals surface area contributed by atoms with Crippen LogP contribution < -0.4 is 10.1 Å². The van der Waals surface area contributed by atoms with Gasteiger partial charge in [-0.3, -0.25) is 4.79 Å². The van der Waals surface area contributed by atoms with Crippen molar-refractivity contribution in [2.75, 3.05) is 44.5 Å². The molecule has 0 unspecified atom stereocenters. The fourth-order valence-corrected chi connectivity index (χ4v) is 5.25. The number of methoxy groups -OCH3 is 1. The molecule has 0 aliphatic carbocycles. The molecular weight excluding hydrogens is 471 g/mol. The maximum Gasteiger partial charge on any atom is 0.398 e. The molecule has 0 atom stereocenters. The summed E-state index contributed by atoms with van der Waals surface area (Å²) in [5, 5.41) is 2.44. The van der Waals surface area contributed by atoms with Crippen molar-refractivity contribution in [3.63, 3.8) is 0 Å². The molecule has 0 bridgehead atoms. The van der Waals surface area contributed by atoms with Crippen molar-refractivity contribution in [3.8, 4) is 5.75 Å². The van der Waals surface area contributed by atoms with Crippen LogP contribution in [0.15, 0.2) is 46.5 Å². The summed E-state index contributed by atoms with van der Waals surface area (Å²) in [5.74, 6) is -1.82. The number of alkyl halides is 3. The van der Waals surface area contributed by atoms with Crippen molar-refractivity contribution in [2.24, 2.45) is 0 Å². The monoisotopic (exact) mass is 491 g/mol. The number of rotatable bonds is 7. The summed E-state index contributed by atoms with van der Waals surface area (Å²) in [6.07, 6.45) is -3.13. The molecule has 13 heteroatoms. The number of benzene rings is 1. The zero-order valence-corrected chi connectivity index (χ0v) is 18.5.